The van der Waals surface area contributed by atoms with Crippen molar-refractivity contribution >= 4 is 136 Å². The number of hydrogen-bond donors (Lipinski definition) is 0. The van der Waals surface area contributed by atoms with Gasteiger partial charge >= 0.3 is 0 Å². The van der Waals surface area contributed by atoms with Gasteiger partial charge in [-0.3, -0.25) is 0 Å². The maximum absolute atomic E-state index is 2.55. The van der Waals surface area contributed by atoms with Crippen LogP contribution in [0, 0.1) is 0 Å². The molecule has 4 aromatic heterocycles. The zero-order valence-electron chi connectivity index (χ0n) is 26.3. The Morgan fingerprint density at radius 3 is 1.02 bits per heavy atom. The normalized spacial score (nSPS) is 13.5. The van der Waals surface area contributed by atoms with Gasteiger partial charge in [-0.15, -0.1) is 45.3 Å². The van der Waals surface area contributed by atoms with Crippen molar-refractivity contribution in [1.29, 1.82) is 0 Å². The molecule has 0 spiro atoms. The molecule has 0 aliphatic rings. The minimum atomic E-state index is -1.52. The van der Waals surface area contributed by atoms with Crippen LogP contribution in [0.25, 0.3) is 40.3 Å². The Labute approximate surface area is 261 Å². The molecule has 4 bridgehead atoms. The molecule has 0 aliphatic carbocycles. The van der Waals surface area contributed by atoms with Gasteiger partial charge in [0.25, 0.3) is 0 Å². The fourth-order valence-corrected chi connectivity index (χ4v) is 17.8. The maximum atomic E-state index is 2.55. The van der Waals surface area contributed by atoms with Crippen molar-refractivity contribution in [3.8, 4) is 0 Å². The zero-order chi connectivity index (χ0) is 29.4. The number of rotatable bonds is 4. The summed E-state index contributed by atoms with van der Waals surface area (Å²) in [5.74, 6) is 0. The molecule has 1 aromatic carbocycles. The van der Waals surface area contributed by atoms with Gasteiger partial charge in [0.2, 0.25) is 0 Å². The van der Waals surface area contributed by atoms with E-state index in [1.807, 2.05) is 45.3 Å². The predicted molar refractivity (Wildman–Crippen MR) is 206 cm³/mol. The van der Waals surface area contributed by atoms with E-state index in [2.05, 4.69) is 127 Å². The second-order valence-electron chi connectivity index (χ2n) is 15.2. The van der Waals surface area contributed by atoms with Gasteiger partial charge in [0, 0.05) is 29.6 Å². The Balaban J connectivity index is 2.03. The first-order valence-corrected chi connectivity index (χ1v) is 31.5. The van der Waals surface area contributed by atoms with Crippen LogP contribution < -0.4 is 18.0 Å². The minimum absolute atomic E-state index is 1.40. The van der Waals surface area contributed by atoms with Crippen molar-refractivity contribution in [2.75, 3.05) is 0 Å². The SMILES string of the molecule is C[Si](C)(C)c1cc2c(ccc3cc(c([Si](C)(C)C)s3)c3cc(ccc4sc([Si](C)(C)C)cc42)sc3[Si](C)(C)C)s1. The topological polar surface area (TPSA) is 0 Å². The molecule has 0 saturated carbocycles. The molecular weight excluding hydrogens is 625 g/mol. The van der Waals surface area contributed by atoms with Gasteiger partial charge in [-0.1, -0.05) is 78.6 Å². The summed E-state index contributed by atoms with van der Waals surface area (Å²) in [6.07, 6.45) is 0. The van der Waals surface area contributed by atoms with Gasteiger partial charge in [-0.05, 0) is 77.3 Å². The highest BCUT2D eigenvalue weighted by Gasteiger charge is 2.26. The van der Waals surface area contributed by atoms with Gasteiger partial charge in [-0.25, -0.2) is 0 Å². The Bertz CT molecular complexity index is 1700. The highest BCUT2D eigenvalue weighted by Crippen LogP contribution is 2.32. The third-order valence-corrected chi connectivity index (χ3v) is 26.0. The summed E-state index contributed by atoms with van der Waals surface area (Å²) in [6.45, 7) is 30.0. The molecule has 0 nitrogen and oxygen atoms in total. The Kier molecular flexibility index (Phi) is 7.96. The fraction of sp³-hybridized carbons (Fsp3) is 0.375. The summed E-state index contributed by atoms with van der Waals surface area (Å²) >= 11 is 8.18. The predicted octanol–water partition coefficient (Wildman–Crippen LogP) is 10.4. The van der Waals surface area contributed by atoms with E-state index in [9.17, 15) is 0 Å². The first-order valence-electron chi connectivity index (χ1n) is 14.3. The van der Waals surface area contributed by atoms with Crippen LogP contribution in [0.15, 0.2) is 48.5 Å². The summed E-state index contributed by atoms with van der Waals surface area (Å²) in [4.78, 5) is 0. The number of fused-ring (bicyclic) bond motifs is 8. The highest BCUT2D eigenvalue weighted by molar-refractivity contribution is 7.34. The fourth-order valence-electron chi connectivity index (χ4n) is 5.03. The highest BCUT2D eigenvalue weighted by atomic mass is 32.1. The Morgan fingerprint density at radius 1 is 0.375 bits per heavy atom. The van der Waals surface area contributed by atoms with E-state index < -0.39 is 32.3 Å². The molecule has 0 unspecified atom stereocenters. The largest absolute Gasteiger partial charge is 0.145 e. The molecule has 0 N–H and O–H groups in total. The molecule has 8 heteroatoms. The van der Waals surface area contributed by atoms with Crippen LogP contribution >= 0.6 is 45.3 Å². The Hall–Kier alpha value is -0.852. The first kappa shape index (κ1) is 30.6. The van der Waals surface area contributed by atoms with Gasteiger partial charge < -0.3 is 0 Å². The average molecular weight is 669 g/mol. The number of thiophene rings is 4. The third-order valence-electron chi connectivity index (χ3n) is 7.24. The van der Waals surface area contributed by atoms with Crippen molar-refractivity contribution in [3.05, 3.63) is 48.5 Å². The second-order valence-corrected chi connectivity index (χ2v) is 41.1. The summed E-state index contributed by atoms with van der Waals surface area (Å²) < 4.78 is 12.1. The van der Waals surface area contributed by atoms with Crippen LogP contribution in [-0.4, -0.2) is 32.3 Å². The summed E-state index contributed by atoms with van der Waals surface area (Å²) in [6, 6.07) is 19.9. The van der Waals surface area contributed by atoms with Gasteiger partial charge in [0.1, 0.15) is 0 Å². The molecule has 5 aromatic rings. The molecule has 0 fully saturated rings. The van der Waals surface area contributed by atoms with Crippen molar-refractivity contribution < 1.29 is 0 Å². The van der Waals surface area contributed by atoms with E-state index in [-0.39, 0.29) is 0 Å². The standard InChI is InChI=1S/C32H44S4Si4/c1-37(2,3)29-19-23-24-20-30(38(4,5)6)36-28(24)16-14-22-18-26(32(34-22)40(10,11)12)25-17-21(13-15-27(23)35-29)33-31(25)39(7,8)9/h13-20H,1-12H3. The zero-order valence-corrected chi connectivity index (χ0v) is 33.5. The van der Waals surface area contributed by atoms with Crippen LogP contribution in [0.1, 0.15) is 0 Å². The van der Waals surface area contributed by atoms with E-state index in [1.54, 1.807) is 18.0 Å². The summed E-state index contributed by atoms with van der Waals surface area (Å²) in [5, 5.41) is 5.91. The average Bonchev–Trinajstić information content (AvgIpc) is 3.56. The van der Waals surface area contributed by atoms with E-state index in [4.69, 9.17) is 0 Å². The van der Waals surface area contributed by atoms with Gasteiger partial charge in [0.05, 0.1) is 32.3 Å². The maximum Gasteiger partial charge on any atom is 0.0912 e. The van der Waals surface area contributed by atoms with Crippen LogP contribution in [0.2, 0.25) is 78.6 Å². The molecule has 0 atom stereocenters. The second kappa shape index (κ2) is 10.4. The molecule has 40 heavy (non-hydrogen) atoms. The van der Waals surface area contributed by atoms with Crippen molar-refractivity contribution in [2.24, 2.45) is 0 Å². The third kappa shape index (κ3) is 6.11. The van der Waals surface area contributed by atoms with E-state index in [0.29, 0.717) is 0 Å². The van der Waals surface area contributed by atoms with Crippen LogP contribution in [0.3, 0.4) is 0 Å². The van der Waals surface area contributed by atoms with E-state index in [1.165, 1.54) is 40.3 Å². The van der Waals surface area contributed by atoms with Gasteiger partial charge in [-0.2, -0.15) is 0 Å². The molecule has 5 rings (SSSR count). The van der Waals surface area contributed by atoms with Crippen molar-refractivity contribution in [3.63, 3.8) is 0 Å². The smallest absolute Gasteiger partial charge is 0.0912 e. The molecular formula is C32H44S4Si4. The summed E-state index contributed by atoms with van der Waals surface area (Å²) in [7, 11) is -5.93. The minimum Gasteiger partial charge on any atom is -0.145 e. The summed E-state index contributed by atoms with van der Waals surface area (Å²) in [5.41, 5.74) is 0. The van der Waals surface area contributed by atoms with Gasteiger partial charge in [0.15, 0.2) is 0 Å². The lowest BCUT2D eigenvalue weighted by Crippen LogP contribution is -2.38. The molecule has 0 saturated heterocycles. The van der Waals surface area contributed by atoms with Crippen molar-refractivity contribution in [2.45, 2.75) is 78.6 Å². The monoisotopic (exact) mass is 668 g/mol. The lowest BCUT2D eigenvalue weighted by atomic mass is 10.2. The Morgan fingerprint density at radius 2 is 0.725 bits per heavy atom. The number of hydrogen-bond acceptors (Lipinski definition) is 4. The lowest BCUT2D eigenvalue weighted by Gasteiger charge is -2.17. The molecule has 4 heterocycles. The molecule has 0 radical (unpaired) electrons. The van der Waals surface area contributed by atoms with Crippen molar-refractivity contribution in [1.82, 2.24) is 0 Å². The van der Waals surface area contributed by atoms with Crippen LogP contribution in [0.5, 0.6) is 0 Å². The first-order chi connectivity index (χ1) is 18.3. The van der Waals surface area contributed by atoms with E-state index >= 15 is 0 Å². The quantitative estimate of drug-likeness (QED) is 0.167. The van der Waals surface area contributed by atoms with Crippen LogP contribution in [-0.2, 0) is 0 Å². The molecule has 0 amide bonds. The van der Waals surface area contributed by atoms with Crippen LogP contribution in [0.4, 0.5) is 0 Å². The van der Waals surface area contributed by atoms with E-state index in [0.717, 1.165) is 0 Å². The molecule has 212 valence electrons. The lowest BCUT2D eigenvalue weighted by molar-refractivity contribution is 1.79. The molecule has 0 aliphatic heterocycles.